The first-order valence-electron chi connectivity index (χ1n) is 10.9. The van der Waals surface area contributed by atoms with Gasteiger partial charge in [-0.1, -0.05) is 77.6 Å². The highest BCUT2D eigenvalue weighted by atomic mass is 19.1. The molecule has 0 aliphatic rings. The lowest BCUT2D eigenvalue weighted by Crippen LogP contribution is -2.07. The second-order valence-corrected chi connectivity index (χ2v) is 7.23. The van der Waals surface area contributed by atoms with Crippen LogP contribution in [0.4, 0.5) is 10.1 Å². The lowest BCUT2D eigenvalue weighted by molar-refractivity contribution is 0.0526. The predicted molar refractivity (Wildman–Crippen MR) is 112 cm³/mol. The Bertz CT molecular complexity index is 519. The molecule has 1 aromatic rings. The molecule has 0 heterocycles. The maximum atomic E-state index is 14.0. The van der Waals surface area contributed by atoms with Crippen LogP contribution in [0.25, 0.3) is 0 Å². The fourth-order valence-corrected chi connectivity index (χ4v) is 3.19. The van der Waals surface area contributed by atoms with Crippen molar-refractivity contribution >= 4 is 11.7 Å². The molecule has 0 unspecified atom stereocenters. The lowest BCUT2D eigenvalue weighted by atomic mass is 10.1. The Morgan fingerprint density at radius 2 is 1.44 bits per heavy atom. The number of carbonyl (C=O) groups excluding carboxylic acids is 1. The van der Waals surface area contributed by atoms with Crippen molar-refractivity contribution in [3.05, 3.63) is 29.6 Å². The summed E-state index contributed by atoms with van der Waals surface area (Å²) in [5, 5.41) is 3.12. The molecule has 1 aromatic carbocycles. The van der Waals surface area contributed by atoms with Crippen LogP contribution < -0.4 is 5.32 Å². The minimum Gasteiger partial charge on any atom is -0.462 e. The number of hydrogen-bond acceptors (Lipinski definition) is 3. The Balaban J connectivity index is 2.03. The number of halogens is 1. The van der Waals surface area contributed by atoms with Crippen LogP contribution in [-0.4, -0.2) is 19.1 Å². The molecule has 0 aromatic heterocycles. The summed E-state index contributed by atoms with van der Waals surface area (Å²) in [6, 6.07) is 4.45. The topological polar surface area (TPSA) is 38.3 Å². The summed E-state index contributed by atoms with van der Waals surface area (Å²) in [5.41, 5.74) is 0.705. The zero-order chi connectivity index (χ0) is 19.7. The number of carbonyl (C=O) groups is 1. The van der Waals surface area contributed by atoms with Gasteiger partial charge >= 0.3 is 5.97 Å². The molecular formula is C23H38FNO2. The van der Waals surface area contributed by atoms with Gasteiger partial charge < -0.3 is 10.1 Å². The van der Waals surface area contributed by atoms with Crippen LogP contribution >= 0.6 is 0 Å². The minimum absolute atomic E-state index is 0.255. The van der Waals surface area contributed by atoms with Gasteiger partial charge in [-0.05, 0) is 31.5 Å². The van der Waals surface area contributed by atoms with Crippen molar-refractivity contribution in [2.45, 2.75) is 90.9 Å². The van der Waals surface area contributed by atoms with Gasteiger partial charge in [0.2, 0.25) is 0 Å². The van der Waals surface area contributed by atoms with Crippen molar-refractivity contribution in [1.29, 1.82) is 0 Å². The maximum absolute atomic E-state index is 14.0. The van der Waals surface area contributed by atoms with E-state index in [0.717, 1.165) is 13.0 Å². The van der Waals surface area contributed by atoms with E-state index in [1.807, 2.05) is 0 Å². The Hall–Kier alpha value is -1.58. The molecule has 0 amide bonds. The summed E-state index contributed by atoms with van der Waals surface area (Å²) in [6.07, 6.45) is 15.7. The molecule has 0 bridgehead atoms. The van der Waals surface area contributed by atoms with Crippen molar-refractivity contribution in [2.24, 2.45) is 0 Å². The van der Waals surface area contributed by atoms with Gasteiger partial charge in [-0.2, -0.15) is 0 Å². The molecule has 0 fully saturated rings. The van der Waals surface area contributed by atoms with Gasteiger partial charge in [-0.3, -0.25) is 0 Å². The van der Waals surface area contributed by atoms with Gasteiger partial charge in [0.05, 0.1) is 17.9 Å². The number of rotatable bonds is 16. The second kappa shape index (κ2) is 15.5. The lowest BCUT2D eigenvalue weighted by Gasteiger charge is -2.09. The number of anilines is 1. The first-order valence-corrected chi connectivity index (χ1v) is 10.9. The largest absolute Gasteiger partial charge is 0.462 e. The highest BCUT2D eigenvalue weighted by Gasteiger charge is 2.10. The molecule has 154 valence electrons. The van der Waals surface area contributed by atoms with Gasteiger partial charge in [0, 0.05) is 6.54 Å². The van der Waals surface area contributed by atoms with Gasteiger partial charge in [0.1, 0.15) is 5.82 Å². The van der Waals surface area contributed by atoms with Gasteiger partial charge in [-0.25, -0.2) is 9.18 Å². The zero-order valence-corrected chi connectivity index (χ0v) is 17.3. The normalized spacial score (nSPS) is 10.8. The average Bonchev–Trinajstić information content (AvgIpc) is 2.66. The van der Waals surface area contributed by atoms with Crippen molar-refractivity contribution in [3.63, 3.8) is 0 Å². The van der Waals surface area contributed by atoms with Crippen LogP contribution in [0.5, 0.6) is 0 Å². The Morgan fingerprint density at radius 3 is 1.96 bits per heavy atom. The zero-order valence-electron chi connectivity index (χ0n) is 17.3. The second-order valence-electron chi connectivity index (χ2n) is 7.23. The molecule has 0 saturated heterocycles. The van der Waals surface area contributed by atoms with Crippen molar-refractivity contribution in [2.75, 3.05) is 18.5 Å². The first-order chi connectivity index (χ1) is 13.2. The molecule has 0 radical (unpaired) electrons. The quantitative estimate of drug-likeness (QED) is 0.245. The van der Waals surface area contributed by atoms with Gasteiger partial charge in [-0.15, -0.1) is 0 Å². The van der Waals surface area contributed by atoms with Crippen LogP contribution in [0, 0.1) is 5.82 Å². The predicted octanol–water partition coefficient (Wildman–Crippen LogP) is 7.12. The van der Waals surface area contributed by atoms with Crippen LogP contribution in [-0.2, 0) is 4.74 Å². The van der Waals surface area contributed by atoms with E-state index in [0.29, 0.717) is 12.3 Å². The Morgan fingerprint density at radius 1 is 0.889 bits per heavy atom. The molecular weight excluding hydrogens is 341 g/mol. The first kappa shape index (κ1) is 23.5. The number of unbranched alkanes of at least 4 members (excludes halogenated alkanes) is 11. The van der Waals surface area contributed by atoms with Crippen molar-refractivity contribution in [1.82, 2.24) is 0 Å². The molecule has 0 atom stereocenters. The van der Waals surface area contributed by atoms with E-state index in [2.05, 4.69) is 12.2 Å². The molecule has 4 heteroatoms. The molecule has 0 aliphatic carbocycles. The molecule has 0 spiro atoms. The molecule has 27 heavy (non-hydrogen) atoms. The van der Waals surface area contributed by atoms with E-state index in [9.17, 15) is 9.18 Å². The highest BCUT2D eigenvalue weighted by Crippen LogP contribution is 2.17. The summed E-state index contributed by atoms with van der Waals surface area (Å²) < 4.78 is 18.9. The smallest absolute Gasteiger partial charge is 0.338 e. The number of hydrogen-bond donors (Lipinski definition) is 1. The van der Waals surface area contributed by atoms with Gasteiger partial charge in [0.15, 0.2) is 0 Å². The average molecular weight is 380 g/mol. The van der Waals surface area contributed by atoms with E-state index in [-0.39, 0.29) is 5.56 Å². The molecule has 0 aliphatic heterocycles. The number of nitrogens with one attached hydrogen (secondary N) is 1. The number of benzene rings is 1. The van der Waals surface area contributed by atoms with E-state index in [1.54, 1.807) is 19.1 Å². The van der Waals surface area contributed by atoms with Gasteiger partial charge in [0.25, 0.3) is 0 Å². The third-order valence-corrected chi connectivity index (χ3v) is 4.83. The third kappa shape index (κ3) is 11.0. The third-order valence-electron chi connectivity index (χ3n) is 4.83. The SMILES string of the molecule is CCCCCCCCCCCCCCNc1ccc(C(=O)OCC)cc1F. The van der Waals surface area contributed by atoms with E-state index < -0.39 is 11.8 Å². The standard InChI is InChI=1S/C23H38FNO2/c1-3-5-6-7-8-9-10-11-12-13-14-15-18-25-22-17-16-20(19-21(22)24)23(26)27-4-2/h16-17,19,25H,3-15,18H2,1-2H3. The molecule has 0 saturated carbocycles. The maximum Gasteiger partial charge on any atom is 0.338 e. The summed E-state index contributed by atoms with van der Waals surface area (Å²) in [7, 11) is 0. The van der Waals surface area contributed by atoms with Crippen LogP contribution in [0.3, 0.4) is 0 Å². The number of esters is 1. The fraction of sp³-hybridized carbons (Fsp3) is 0.696. The molecule has 1 rings (SSSR count). The van der Waals surface area contributed by atoms with Crippen LogP contribution in [0.2, 0.25) is 0 Å². The molecule has 3 nitrogen and oxygen atoms in total. The monoisotopic (exact) mass is 379 g/mol. The summed E-state index contributed by atoms with van der Waals surface area (Å²) in [5.74, 6) is -0.886. The molecule has 1 N–H and O–H groups in total. The fourth-order valence-electron chi connectivity index (χ4n) is 3.19. The minimum atomic E-state index is -0.482. The van der Waals surface area contributed by atoms with Crippen LogP contribution in [0.1, 0.15) is 101 Å². The Labute approximate surface area is 165 Å². The van der Waals surface area contributed by atoms with Crippen molar-refractivity contribution in [3.8, 4) is 0 Å². The van der Waals surface area contributed by atoms with E-state index >= 15 is 0 Å². The van der Waals surface area contributed by atoms with Crippen molar-refractivity contribution < 1.29 is 13.9 Å². The van der Waals surface area contributed by atoms with Crippen LogP contribution in [0.15, 0.2) is 18.2 Å². The van der Waals surface area contributed by atoms with E-state index in [4.69, 9.17) is 4.74 Å². The van der Waals surface area contributed by atoms with E-state index in [1.165, 1.54) is 76.7 Å². The summed E-state index contributed by atoms with van der Waals surface area (Å²) in [6.45, 7) is 5.04. The summed E-state index contributed by atoms with van der Waals surface area (Å²) in [4.78, 5) is 11.6. The summed E-state index contributed by atoms with van der Waals surface area (Å²) >= 11 is 0. The number of ether oxygens (including phenoxy) is 1. The Kier molecular flexibility index (Phi) is 13.4. The highest BCUT2D eigenvalue weighted by molar-refractivity contribution is 5.89.